The first-order valence-electron chi connectivity index (χ1n) is 6.14. The van der Waals surface area contributed by atoms with Crippen molar-refractivity contribution < 1.29 is 19.8 Å². The Bertz CT molecular complexity index is 486. The van der Waals surface area contributed by atoms with Crippen LogP contribution in [-0.2, 0) is 16.0 Å². The Labute approximate surface area is 130 Å². The molecule has 0 radical (unpaired) electrons. The molecule has 0 amide bonds. The number of benzene rings is 1. The first-order chi connectivity index (χ1) is 9.85. The van der Waals surface area contributed by atoms with E-state index in [1.165, 1.54) is 21.6 Å². The second-order valence-corrected chi connectivity index (χ2v) is 7.12. The number of hydrogen-bond acceptors (Lipinski definition) is 6. The van der Waals surface area contributed by atoms with Gasteiger partial charge in [-0.05, 0) is 5.56 Å². The molecule has 21 heavy (non-hydrogen) atoms. The Morgan fingerprint density at radius 2 is 1.81 bits per heavy atom. The van der Waals surface area contributed by atoms with Crippen molar-refractivity contribution in [1.29, 1.82) is 0 Å². The molecule has 0 spiro atoms. The van der Waals surface area contributed by atoms with Gasteiger partial charge in [-0.3, -0.25) is 9.59 Å². The highest BCUT2D eigenvalue weighted by Crippen LogP contribution is 2.27. The molecule has 0 fully saturated rings. The molecule has 0 aliphatic rings. The van der Waals surface area contributed by atoms with E-state index >= 15 is 0 Å². The minimum absolute atomic E-state index is 0.161. The summed E-state index contributed by atoms with van der Waals surface area (Å²) in [5.41, 5.74) is 10.8. The van der Waals surface area contributed by atoms with E-state index in [-0.39, 0.29) is 17.9 Å². The Balaban J connectivity index is 2.53. The first kappa shape index (κ1) is 17.8. The van der Waals surface area contributed by atoms with Crippen LogP contribution in [0.25, 0.3) is 0 Å². The molecule has 1 rings (SSSR count). The van der Waals surface area contributed by atoms with Gasteiger partial charge in [0.25, 0.3) is 0 Å². The summed E-state index contributed by atoms with van der Waals surface area (Å²) in [6, 6.07) is 8.18. The molecule has 0 saturated heterocycles. The second kappa shape index (κ2) is 8.28. The molecule has 2 unspecified atom stereocenters. The largest absolute Gasteiger partial charge is 0.480 e. The molecule has 8 heteroatoms. The highest BCUT2D eigenvalue weighted by Gasteiger charge is 2.34. The minimum atomic E-state index is -1.40. The highest BCUT2D eigenvalue weighted by atomic mass is 33.1. The molecule has 6 N–H and O–H groups in total. The maximum absolute atomic E-state index is 11.4. The van der Waals surface area contributed by atoms with Gasteiger partial charge in [-0.15, -0.1) is 0 Å². The van der Waals surface area contributed by atoms with Crippen molar-refractivity contribution in [3.8, 4) is 0 Å². The number of carbonyl (C=O) groups is 2. The van der Waals surface area contributed by atoms with Crippen molar-refractivity contribution in [1.82, 2.24) is 0 Å². The summed E-state index contributed by atoms with van der Waals surface area (Å²) in [6.07, 6.45) is 0.210. The first-order valence-corrected chi connectivity index (χ1v) is 8.63. The number of hydrogen-bond donors (Lipinski definition) is 4. The molecule has 0 heterocycles. The molecule has 0 saturated carbocycles. The zero-order valence-electron chi connectivity index (χ0n) is 11.3. The predicted molar refractivity (Wildman–Crippen MR) is 85.2 cm³/mol. The molecule has 116 valence electrons. The number of aliphatic carboxylic acids is 2. The number of carboxylic acid groups (broad SMARTS) is 2. The fourth-order valence-electron chi connectivity index (χ4n) is 1.49. The molecular weight excluding hydrogens is 312 g/mol. The Morgan fingerprint density at radius 3 is 2.33 bits per heavy atom. The van der Waals surface area contributed by atoms with E-state index in [4.69, 9.17) is 16.6 Å². The van der Waals surface area contributed by atoms with Crippen molar-refractivity contribution in [2.24, 2.45) is 11.5 Å². The molecule has 2 atom stereocenters. The number of rotatable bonds is 9. The maximum Gasteiger partial charge on any atom is 0.324 e. The summed E-state index contributed by atoms with van der Waals surface area (Å²) >= 11 is 0. The van der Waals surface area contributed by atoms with E-state index in [1.54, 1.807) is 0 Å². The van der Waals surface area contributed by atoms with Crippen molar-refractivity contribution in [2.45, 2.75) is 18.0 Å². The van der Waals surface area contributed by atoms with Crippen molar-refractivity contribution in [2.75, 3.05) is 11.5 Å². The summed E-state index contributed by atoms with van der Waals surface area (Å²) in [4.78, 5) is 22.0. The van der Waals surface area contributed by atoms with Gasteiger partial charge in [0.05, 0.1) is 0 Å². The van der Waals surface area contributed by atoms with Crippen LogP contribution >= 0.6 is 21.6 Å². The molecule has 6 nitrogen and oxygen atoms in total. The summed E-state index contributed by atoms with van der Waals surface area (Å²) in [6.45, 7) is 0. The van der Waals surface area contributed by atoms with Gasteiger partial charge in [0.15, 0.2) is 0 Å². The number of nitrogens with two attached hydrogens (primary N) is 2. The van der Waals surface area contributed by atoms with Gasteiger partial charge in [0.2, 0.25) is 0 Å². The van der Waals surface area contributed by atoms with Gasteiger partial charge < -0.3 is 21.7 Å². The fraction of sp³-hybridized carbons (Fsp3) is 0.385. The van der Waals surface area contributed by atoms with Crippen LogP contribution in [0.3, 0.4) is 0 Å². The molecular formula is C13H18N2O4S2. The van der Waals surface area contributed by atoms with Crippen LogP contribution < -0.4 is 11.5 Å². The van der Waals surface area contributed by atoms with Crippen molar-refractivity contribution >= 4 is 33.5 Å². The quantitative estimate of drug-likeness (QED) is 0.387. The van der Waals surface area contributed by atoms with Crippen LogP contribution in [0.4, 0.5) is 0 Å². The molecule has 1 aromatic carbocycles. The minimum Gasteiger partial charge on any atom is -0.480 e. The standard InChI is InChI=1S/C13H18N2O4S2/c14-10(11(16)17)7-20-21-8-13(15,12(18)19)6-9-4-2-1-3-5-9/h1-5,10H,6-8,14-15H2,(H,16,17)(H,18,19). The van der Waals surface area contributed by atoms with Crippen molar-refractivity contribution in [3.63, 3.8) is 0 Å². The van der Waals surface area contributed by atoms with Gasteiger partial charge in [0.1, 0.15) is 11.6 Å². The second-order valence-electron chi connectivity index (χ2n) is 4.62. The lowest BCUT2D eigenvalue weighted by atomic mass is 9.94. The van der Waals surface area contributed by atoms with E-state index < -0.39 is 23.5 Å². The molecule has 0 aliphatic heterocycles. The smallest absolute Gasteiger partial charge is 0.324 e. The maximum atomic E-state index is 11.4. The van der Waals surface area contributed by atoms with Crippen LogP contribution in [0.15, 0.2) is 30.3 Å². The zero-order chi connectivity index (χ0) is 15.9. The summed E-state index contributed by atoms with van der Waals surface area (Å²) in [5.74, 6) is -1.80. The van der Waals surface area contributed by atoms with E-state index in [9.17, 15) is 14.7 Å². The molecule has 1 aromatic rings. The summed E-state index contributed by atoms with van der Waals surface area (Å²) in [7, 11) is 2.43. The SMILES string of the molecule is NC(CSSCC(N)(Cc1ccccc1)C(=O)O)C(=O)O. The van der Waals surface area contributed by atoms with E-state index in [2.05, 4.69) is 0 Å². The Morgan fingerprint density at radius 1 is 1.19 bits per heavy atom. The van der Waals surface area contributed by atoms with Gasteiger partial charge in [0, 0.05) is 17.9 Å². The monoisotopic (exact) mass is 330 g/mol. The van der Waals surface area contributed by atoms with Crippen LogP contribution in [0.2, 0.25) is 0 Å². The Kier molecular flexibility index (Phi) is 7.03. The van der Waals surface area contributed by atoms with Gasteiger partial charge in [-0.2, -0.15) is 0 Å². The van der Waals surface area contributed by atoms with Gasteiger partial charge >= 0.3 is 11.9 Å². The topological polar surface area (TPSA) is 127 Å². The van der Waals surface area contributed by atoms with Gasteiger partial charge in [-0.25, -0.2) is 0 Å². The normalized spacial score (nSPS) is 15.1. The number of carboxylic acids is 2. The third kappa shape index (κ3) is 5.96. The van der Waals surface area contributed by atoms with Crippen LogP contribution in [-0.4, -0.2) is 45.2 Å². The molecule has 0 aromatic heterocycles. The zero-order valence-corrected chi connectivity index (χ0v) is 12.9. The van der Waals surface area contributed by atoms with Crippen LogP contribution in [0.5, 0.6) is 0 Å². The fourth-order valence-corrected chi connectivity index (χ4v) is 4.00. The Hall–Kier alpha value is -1.22. The van der Waals surface area contributed by atoms with E-state index in [0.717, 1.165) is 5.56 Å². The predicted octanol–water partition coefficient (Wildman–Crippen LogP) is 0.804. The van der Waals surface area contributed by atoms with Crippen LogP contribution in [0.1, 0.15) is 5.56 Å². The lowest BCUT2D eigenvalue weighted by molar-refractivity contribution is -0.142. The average molecular weight is 330 g/mol. The molecule has 0 bridgehead atoms. The molecule has 0 aliphatic carbocycles. The third-order valence-electron chi connectivity index (χ3n) is 2.75. The lowest BCUT2D eigenvalue weighted by Gasteiger charge is -2.24. The van der Waals surface area contributed by atoms with Gasteiger partial charge in [-0.1, -0.05) is 51.9 Å². The summed E-state index contributed by atoms with van der Waals surface area (Å²) in [5, 5.41) is 18.0. The average Bonchev–Trinajstić information content (AvgIpc) is 2.44. The van der Waals surface area contributed by atoms with Crippen molar-refractivity contribution in [3.05, 3.63) is 35.9 Å². The van der Waals surface area contributed by atoms with E-state index in [0.29, 0.717) is 0 Å². The summed E-state index contributed by atoms with van der Waals surface area (Å²) < 4.78 is 0. The lowest BCUT2D eigenvalue weighted by Crippen LogP contribution is -2.52. The van der Waals surface area contributed by atoms with E-state index in [1.807, 2.05) is 30.3 Å². The highest BCUT2D eigenvalue weighted by molar-refractivity contribution is 8.76. The van der Waals surface area contributed by atoms with Crippen LogP contribution in [0, 0.1) is 0 Å². The third-order valence-corrected chi connectivity index (χ3v) is 5.31.